The van der Waals surface area contributed by atoms with E-state index in [4.69, 9.17) is 14.5 Å². The topological polar surface area (TPSA) is 62.8 Å². The van der Waals surface area contributed by atoms with Gasteiger partial charge in [0.05, 0.1) is 24.7 Å². The average molecular weight is 446 g/mol. The first-order valence-corrected chi connectivity index (χ1v) is 11.0. The standard InChI is InChI=1S/C23H29F2N5O2/c1-31-16-26-21-18-15-20(32-2)17(6-5-11-29-9-3-4-10-29)14-19(18)27-22(28-21)30-12-7-23(24,25)8-13-30/h14-15H,3-4,7-13,16H2,1-2H3,(H,26,27,28). The quantitative estimate of drug-likeness (QED) is 0.541. The summed E-state index contributed by atoms with van der Waals surface area (Å²) in [5.74, 6) is 5.47. The Morgan fingerprint density at radius 1 is 1.09 bits per heavy atom. The third-order valence-electron chi connectivity index (χ3n) is 5.89. The highest BCUT2D eigenvalue weighted by Crippen LogP contribution is 2.33. The molecule has 9 heteroatoms. The van der Waals surface area contributed by atoms with Crippen molar-refractivity contribution < 1.29 is 18.3 Å². The lowest BCUT2D eigenvalue weighted by atomic mass is 10.1. The van der Waals surface area contributed by atoms with Crippen molar-refractivity contribution in [1.82, 2.24) is 14.9 Å². The van der Waals surface area contributed by atoms with Crippen molar-refractivity contribution >= 4 is 22.7 Å². The first-order chi connectivity index (χ1) is 15.5. The second kappa shape index (κ2) is 9.84. The largest absolute Gasteiger partial charge is 0.495 e. The van der Waals surface area contributed by atoms with E-state index in [9.17, 15) is 8.78 Å². The van der Waals surface area contributed by atoms with Gasteiger partial charge in [-0.1, -0.05) is 11.8 Å². The Labute approximate surface area is 187 Å². The number of rotatable bonds is 6. The van der Waals surface area contributed by atoms with E-state index in [1.54, 1.807) is 19.1 Å². The number of methoxy groups -OCH3 is 2. The van der Waals surface area contributed by atoms with Crippen molar-refractivity contribution in [3.63, 3.8) is 0 Å². The molecule has 2 aromatic rings. The molecule has 2 aliphatic heterocycles. The van der Waals surface area contributed by atoms with Crippen LogP contribution in [0, 0.1) is 11.8 Å². The zero-order valence-corrected chi connectivity index (χ0v) is 18.6. The van der Waals surface area contributed by atoms with Gasteiger partial charge in [0.1, 0.15) is 18.3 Å². The maximum Gasteiger partial charge on any atom is 0.251 e. The van der Waals surface area contributed by atoms with Crippen LogP contribution in [0.25, 0.3) is 10.9 Å². The van der Waals surface area contributed by atoms with Crippen LogP contribution < -0.4 is 15.0 Å². The van der Waals surface area contributed by atoms with Gasteiger partial charge >= 0.3 is 0 Å². The molecular formula is C23H29F2N5O2. The molecule has 0 radical (unpaired) electrons. The normalized spacial score (nSPS) is 18.4. The molecule has 1 N–H and O–H groups in total. The lowest BCUT2D eigenvalue weighted by molar-refractivity contribution is -0.0222. The van der Waals surface area contributed by atoms with Crippen LogP contribution in [0.2, 0.25) is 0 Å². The molecule has 2 aliphatic rings. The van der Waals surface area contributed by atoms with Crippen molar-refractivity contribution in [3.05, 3.63) is 17.7 Å². The molecule has 0 bridgehead atoms. The van der Waals surface area contributed by atoms with Crippen molar-refractivity contribution in [3.8, 4) is 17.6 Å². The van der Waals surface area contributed by atoms with E-state index < -0.39 is 5.92 Å². The van der Waals surface area contributed by atoms with E-state index in [1.165, 1.54) is 12.8 Å². The summed E-state index contributed by atoms with van der Waals surface area (Å²) in [6, 6.07) is 3.74. The summed E-state index contributed by atoms with van der Waals surface area (Å²) in [6.45, 7) is 3.57. The van der Waals surface area contributed by atoms with Gasteiger partial charge < -0.3 is 19.7 Å². The SMILES string of the molecule is COCNc1nc(N2CCC(F)(F)CC2)nc2cc(C#CCN3CCCC3)c(OC)cc12. The highest BCUT2D eigenvalue weighted by atomic mass is 19.3. The predicted octanol–water partition coefficient (Wildman–Crippen LogP) is 3.34. The van der Waals surface area contributed by atoms with Gasteiger partial charge in [0.25, 0.3) is 5.92 Å². The molecule has 2 saturated heterocycles. The first-order valence-electron chi connectivity index (χ1n) is 11.0. The van der Waals surface area contributed by atoms with Crippen LogP contribution in [-0.2, 0) is 4.74 Å². The number of hydrogen-bond donors (Lipinski definition) is 1. The Bertz CT molecular complexity index is 1000. The van der Waals surface area contributed by atoms with Crippen molar-refractivity contribution in [2.24, 2.45) is 0 Å². The number of benzene rings is 1. The third kappa shape index (κ3) is 5.19. The van der Waals surface area contributed by atoms with E-state index in [0.717, 1.165) is 30.6 Å². The van der Waals surface area contributed by atoms with E-state index in [-0.39, 0.29) is 32.7 Å². The molecule has 0 spiro atoms. The second-order valence-corrected chi connectivity index (χ2v) is 8.18. The zero-order valence-electron chi connectivity index (χ0n) is 18.6. The van der Waals surface area contributed by atoms with Crippen LogP contribution in [0.5, 0.6) is 5.75 Å². The minimum Gasteiger partial charge on any atom is -0.495 e. The summed E-state index contributed by atoms with van der Waals surface area (Å²) < 4.78 is 38.0. The molecule has 0 unspecified atom stereocenters. The lowest BCUT2D eigenvalue weighted by Crippen LogP contribution is -2.40. The molecule has 172 valence electrons. The molecule has 1 aromatic heterocycles. The van der Waals surface area contributed by atoms with E-state index >= 15 is 0 Å². The molecule has 0 saturated carbocycles. The maximum atomic E-state index is 13.6. The average Bonchev–Trinajstić information content (AvgIpc) is 3.30. The van der Waals surface area contributed by atoms with Crippen molar-refractivity contribution in [2.75, 3.05) is 63.9 Å². The highest BCUT2D eigenvalue weighted by molar-refractivity contribution is 5.92. The molecule has 7 nitrogen and oxygen atoms in total. The van der Waals surface area contributed by atoms with E-state index in [1.807, 2.05) is 12.1 Å². The summed E-state index contributed by atoms with van der Waals surface area (Å²) in [5.41, 5.74) is 1.42. The minimum atomic E-state index is -2.63. The number of fused-ring (bicyclic) bond motifs is 1. The van der Waals surface area contributed by atoms with Gasteiger partial charge in [0.15, 0.2) is 0 Å². The molecule has 1 aromatic carbocycles. The van der Waals surface area contributed by atoms with Crippen molar-refractivity contribution in [1.29, 1.82) is 0 Å². The minimum absolute atomic E-state index is 0.203. The fourth-order valence-electron chi connectivity index (χ4n) is 4.05. The summed E-state index contributed by atoms with van der Waals surface area (Å²) >= 11 is 0. The lowest BCUT2D eigenvalue weighted by Gasteiger charge is -2.32. The molecule has 4 rings (SSSR count). The van der Waals surface area contributed by atoms with Gasteiger partial charge in [0.2, 0.25) is 5.95 Å². The van der Waals surface area contributed by atoms with Gasteiger partial charge in [-0.25, -0.2) is 13.8 Å². The number of likely N-dealkylation sites (tertiary alicyclic amines) is 1. The Kier molecular flexibility index (Phi) is 6.92. The fourth-order valence-corrected chi connectivity index (χ4v) is 4.05. The monoisotopic (exact) mass is 445 g/mol. The Morgan fingerprint density at radius 2 is 1.84 bits per heavy atom. The van der Waals surface area contributed by atoms with Crippen molar-refractivity contribution in [2.45, 2.75) is 31.6 Å². The molecule has 0 aliphatic carbocycles. The van der Waals surface area contributed by atoms with Gasteiger partial charge in [-0.05, 0) is 38.1 Å². The second-order valence-electron chi connectivity index (χ2n) is 8.18. The predicted molar refractivity (Wildman–Crippen MR) is 121 cm³/mol. The van der Waals surface area contributed by atoms with Crippen LogP contribution >= 0.6 is 0 Å². The Hall–Kier alpha value is -2.70. The number of nitrogens with zero attached hydrogens (tertiary/aromatic N) is 4. The molecular weight excluding hydrogens is 416 g/mol. The molecule has 0 atom stereocenters. The number of piperidine rings is 1. The van der Waals surface area contributed by atoms with Gasteiger partial charge in [-0.2, -0.15) is 4.98 Å². The number of anilines is 2. The number of ether oxygens (including phenoxy) is 2. The molecule has 32 heavy (non-hydrogen) atoms. The summed E-state index contributed by atoms with van der Waals surface area (Å²) in [6.07, 6.45) is 2.04. The van der Waals surface area contributed by atoms with Crippen LogP contribution in [0.1, 0.15) is 31.2 Å². The third-order valence-corrected chi connectivity index (χ3v) is 5.89. The van der Waals surface area contributed by atoms with Gasteiger partial charge in [-0.15, -0.1) is 0 Å². The van der Waals surface area contributed by atoms with E-state index in [0.29, 0.717) is 23.0 Å². The number of nitrogens with one attached hydrogen (secondary N) is 1. The van der Waals surface area contributed by atoms with Gasteiger partial charge in [0, 0.05) is 38.4 Å². The summed E-state index contributed by atoms with van der Waals surface area (Å²) in [4.78, 5) is 13.4. The molecule has 0 amide bonds. The van der Waals surface area contributed by atoms with Crippen LogP contribution in [-0.4, -0.2) is 74.5 Å². The van der Waals surface area contributed by atoms with Crippen LogP contribution in [0.3, 0.4) is 0 Å². The first kappa shape index (κ1) is 22.5. The number of alkyl halides is 2. The number of halogens is 2. The smallest absolute Gasteiger partial charge is 0.251 e. The van der Waals surface area contributed by atoms with Gasteiger partial charge in [-0.3, -0.25) is 4.90 Å². The van der Waals surface area contributed by atoms with Crippen LogP contribution in [0.4, 0.5) is 20.5 Å². The number of aromatic nitrogens is 2. The Balaban J connectivity index is 1.69. The summed E-state index contributed by atoms with van der Waals surface area (Å²) in [5, 5.41) is 3.90. The van der Waals surface area contributed by atoms with E-state index in [2.05, 4.69) is 27.0 Å². The zero-order chi connectivity index (χ0) is 22.6. The summed E-state index contributed by atoms with van der Waals surface area (Å²) in [7, 11) is 3.19. The fraction of sp³-hybridized carbons (Fsp3) is 0.565. The maximum absolute atomic E-state index is 13.6. The van der Waals surface area contributed by atoms with Crippen LogP contribution in [0.15, 0.2) is 12.1 Å². The Morgan fingerprint density at radius 3 is 2.53 bits per heavy atom. The number of hydrogen-bond acceptors (Lipinski definition) is 7. The highest BCUT2D eigenvalue weighted by Gasteiger charge is 2.35. The molecule has 3 heterocycles. The molecule has 2 fully saturated rings.